The van der Waals surface area contributed by atoms with E-state index in [1.807, 2.05) is 12.1 Å². The molecule has 4 aromatic rings. The number of rotatable bonds is 7. The smallest absolute Gasteiger partial charge is 0.213 e. The normalized spacial score (nSPS) is 12.1. The lowest BCUT2D eigenvalue weighted by molar-refractivity contribution is 0.293. The van der Waals surface area contributed by atoms with Crippen molar-refractivity contribution in [1.82, 2.24) is 15.3 Å². The SMILES string of the molecule is CC(NCc1ccc(OCc2ccc(F)nc2)nc1)c1cccc2ccccc12. The van der Waals surface area contributed by atoms with E-state index in [4.69, 9.17) is 4.74 Å². The van der Waals surface area contributed by atoms with E-state index in [9.17, 15) is 4.39 Å². The summed E-state index contributed by atoms with van der Waals surface area (Å²) in [5.74, 6) is 0.0293. The summed E-state index contributed by atoms with van der Waals surface area (Å²) in [6, 6.07) is 21.8. The van der Waals surface area contributed by atoms with Gasteiger partial charge >= 0.3 is 0 Å². The fraction of sp³-hybridized carbons (Fsp3) is 0.167. The monoisotopic (exact) mass is 387 g/mol. The van der Waals surface area contributed by atoms with Gasteiger partial charge in [-0.1, -0.05) is 48.5 Å². The average molecular weight is 387 g/mol. The van der Waals surface area contributed by atoms with Gasteiger partial charge in [-0.15, -0.1) is 0 Å². The van der Waals surface area contributed by atoms with E-state index >= 15 is 0 Å². The van der Waals surface area contributed by atoms with Gasteiger partial charge in [-0.2, -0.15) is 4.39 Å². The van der Waals surface area contributed by atoms with Crippen LogP contribution in [0.4, 0.5) is 4.39 Å². The summed E-state index contributed by atoms with van der Waals surface area (Å²) in [5.41, 5.74) is 3.15. The quantitative estimate of drug-likeness (QED) is 0.443. The fourth-order valence-corrected chi connectivity index (χ4v) is 3.26. The maximum atomic E-state index is 12.8. The average Bonchev–Trinajstić information content (AvgIpc) is 2.77. The second-order valence-electron chi connectivity index (χ2n) is 6.95. The predicted octanol–water partition coefficient (Wildman–Crippen LogP) is 5.20. The Morgan fingerprint density at radius 2 is 1.69 bits per heavy atom. The molecule has 5 heteroatoms. The van der Waals surface area contributed by atoms with Crippen molar-refractivity contribution in [2.24, 2.45) is 0 Å². The second-order valence-corrected chi connectivity index (χ2v) is 6.95. The van der Waals surface area contributed by atoms with Gasteiger partial charge in [0.1, 0.15) is 6.61 Å². The maximum absolute atomic E-state index is 12.8. The molecule has 0 saturated carbocycles. The van der Waals surface area contributed by atoms with E-state index in [-0.39, 0.29) is 6.04 Å². The molecule has 146 valence electrons. The van der Waals surface area contributed by atoms with Gasteiger partial charge in [0.15, 0.2) is 0 Å². The number of nitrogens with one attached hydrogen (secondary N) is 1. The molecule has 0 aliphatic carbocycles. The fourth-order valence-electron chi connectivity index (χ4n) is 3.26. The van der Waals surface area contributed by atoms with Gasteiger partial charge in [0.25, 0.3) is 0 Å². The number of benzene rings is 2. The zero-order valence-electron chi connectivity index (χ0n) is 16.2. The van der Waals surface area contributed by atoms with E-state index in [0.29, 0.717) is 19.0 Å². The highest BCUT2D eigenvalue weighted by Gasteiger charge is 2.09. The summed E-state index contributed by atoms with van der Waals surface area (Å²) in [7, 11) is 0. The Kier molecular flexibility index (Phi) is 5.77. The maximum Gasteiger partial charge on any atom is 0.213 e. The molecule has 1 unspecified atom stereocenters. The Morgan fingerprint density at radius 1 is 0.897 bits per heavy atom. The first-order valence-corrected chi connectivity index (χ1v) is 9.58. The molecule has 0 bridgehead atoms. The molecule has 0 aliphatic heterocycles. The van der Waals surface area contributed by atoms with Crippen LogP contribution in [0.25, 0.3) is 10.8 Å². The Labute approximate surface area is 169 Å². The first-order chi connectivity index (χ1) is 14.2. The summed E-state index contributed by atoms with van der Waals surface area (Å²) < 4.78 is 18.5. The third-order valence-corrected chi connectivity index (χ3v) is 4.88. The van der Waals surface area contributed by atoms with Crippen LogP contribution in [0.2, 0.25) is 0 Å². The van der Waals surface area contributed by atoms with Crippen molar-refractivity contribution in [2.45, 2.75) is 26.1 Å². The molecule has 0 amide bonds. The van der Waals surface area contributed by atoms with Crippen LogP contribution in [-0.4, -0.2) is 9.97 Å². The molecular formula is C24H22FN3O. The number of aromatic nitrogens is 2. The van der Waals surface area contributed by atoms with Crippen LogP contribution in [0.1, 0.15) is 29.7 Å². The molecule has 0 saturated heterocycles. The first-order valence-electron chi connectivity index (χ1n) is 9.58. The molecule has 1 atom stereocenters. The summed E-state index contributed by atoms with van der Waals surface area (Å²) in [6.07, 6.45) is 3.27. The van der Waals surface area contributed by atoms with Gasteiger partial charge in [0.2, 0.25) is 11.8 Å². The van der Waals surface area contributed by atoms with Crippen LogP contribution in [0.15, 0.2) is 79.1 Å². The molecule has 0 spiro atoms. The highest BCUT2D eigenvalue weighted by atomic mass is 19.1. The Morgan fingerprint density at radius 3 is 2.48 bits per heavy atom. The van der Waals surface area contributed by atoms with Gasteiger partial charge in [-0.25, -0.2) is 9.97 Å². The van der Waals surface area contributed by atoms with Gasteiger partial charge < -0.3 is 10.1 Å². The summed E-state index contributed by atoms with van der Waals surface area (Å²) in [6.45, 7) is 3.18. The molecule has 2 aromatic heterocycles. The van der Waals surface area contributed by atoms with Crippen LogP contribution < -0.4 is 10.1 Å². The Balaban J connectivity index is 1.34. The molecule has 0 radical (unpaired) electrons. The highest BCUT2D eigenvalue weighted by Crippen LogP contribution is 2.24. The minimum Gasteiger partial charge on any atom is -0.473 e. The Bertz CT molecular complexity index is 1080. The van der Waals surface area contributed by atoms with Crippen molar-refractivity contribution in [3.8, 4) is 5.88 Å². The molecule has 0 fully saturated rings. The molecule has 2 aromatic carbocycles. The van der Waals surface area contributed by atoms with Gasteiger partial charge in [0, 0.05) is 36.6 Å². The van der Waals surface area contributed by atoms with E-state index in [1.54, 1.807) is 12.3 Å². The molecular weight excluding hydrogens is 365 g/mol. The number of nitrogens with zero attached hydrogens (tertiary/aromatic N) is 2. The Hall–Kier alpha value is -3.31. The number of fused-ring (bicyclic) bond motifs is 1. The van der Waals surface area contributed by atoms with Crippen molar-refractivity contribution >= 4 is 10.8 Å². The lowest BCUT2D eigenvalue weighted by Crippen LogP contribution is -2.18. The highest BCUT2D eigenvalue weighted by molar-refractivity contribution is 5.86. The molecule has 2 heterocycles. The van der Waals surface area contributed by atoms with E-state index in [2.05, 4.69) is 64.7 Å². The van der Waals surface area contributed by atoms with E-state index in [1.165, 1.54) is 28.6 Å². The standard InChI is InChI=1S/C24H22FN3O/c1-17(21-8-4-6-20-5-2-3-7-22(20)21)26-13-18-10-12-24(28-14-18)29-16-19-9-11-23(25)27-15-19/h2-12,14-15,17,26H,13,16H2,1H3. The molecule has 4 nitrogen and oxygen atoms in total. The number of hydrogen-bond acceptors (Lipinski definition) is 4. The van der Waals surface area contributed by atoms with Gasteiger partial charge in [-0.3, -0.25) is 0 Å². The third-order valence-electron chi connectivity index (χ3n) is 4.88. The van der Waals surface area contributed by atoms with Crippen LogP contribution >= 0.6 is 0 Å². The van der Waals surface area contributed by atoms with Crippen LogP contribution in [0, 0.1) is 5.95 Å². The summed E-state index contributed by atoms with van der Waals surface area (Å²) in [5, 5.41) is 6.08. The zero-order valence-corrected chi connectivity index (χ0v) is 16.2. The zero-order chi connectivity index (χ0) is 20.1. The molecule has 0 aliphatic rings. The van der Waals surface area contributed by atoms with Gasteiger partial charge in [-0.05, 0) is 41.0 Å². The van der Waals surface area contributed by atoms with Crippen LogP contribution in [0.5, 0.6) is 5.88 Å². The minimum absolute atomic E-state index is 0.211. The van der Waals surface area contributed by atoms with Crippen molar-refractivity contribution in [1.29, 1.82) is 0 Å². The molecule has 1 N–H and O–H groups in total. The number of halogens is 1. The first kappa shape index (κ1) is 19.0. The minimum atomic E-state index is -0.499. The lowest BCUT2D eigenvalue weighted by atomic mass is 9.99. The van der Waals surface area contributed by atoms with Gasteiger partial charge in [0.05, 0.1) is 0 Å². The molecule has 29 heavy (non-hydrogen) atoms. The summed E-state index contributed by atoms with van der Waals surface area (Å²) in [4.78, 5) is 7.97. The van der Waals surface area contributed by atoms with Crippen LogP contribution in [-0.2, 0) is 13.2 Å². The van der Waals surface area contributed by atoms with Crippen molar-refractivity contribution in [2.75, 3.05) is 0 Å². The second kappa shape index (κ2) is 8.80. The van der Waals surface area contributed by atoms with Crippen LogP contribution in [0.3, 0.4) is 0 Å². The van der Waals surface area contributed by atoms with E-state index < -0.39 is 5.95 Å². The summed E-state index contributed by atoms with van der Waals surface area (Å²) >= 11 is 0. The van der Waals surface area contributed by atoms with Crippen molar-refractivity contribution in [3.63, 3.8) is 0 Å². The topological polar surface area (TPSA) is 47.0 Å². The molecule has 4 rings (SSSR count). The number of hydrogen-bond donors (Lipinski definition) is 1. The number of pyridine rings is 2. The largest absolute Gasteiger partial charge is 0.473 e. The third kappa shape index (κ3) is 4.76. The van der Waals surface area contributed by atoms with E-state index in [0.717, 1.165) is 11.1 Å². The lowest BCUT2D eigenvalue weighted by Gasteiger charge is -2.17. The van der Waals surface area contributed by atoms with Crippen molar-refractivity contribution < 1.29 is 9.13 Å². The predicted molar refractivity (Wildman–Crippen MR) is 112 cm³/mol. The van der Waals surface area contributed by atoms with Crippen molar-refractivity contribution in [3.05, 3.63) is 102 Å². The number of ether oxygens (including phenoxy) is 1.